The second kappa shape index (κ2) is 9.39. The number of fused-ring (bicyclic) bond motifs is 3. The molecule has 0 saturated carbocycles. The number of thiophene rings is 1. The fourth-order valence-corrected chi connectivity index (χ4v) is 4.43. The van der Waals surface area contributed by atoms with E-state index in [1.807, 2.05) is 31.2 Å². The third-order valence-corrected chi connectivity index (χ3v) is 5.94. The van der Waals surface area contributed by atoms with E-state index in [-0.39, 0.29) is 18.1 Å². The quantitative estimate of drug-likeness (QED) is 0.500. The maximum Gasteiger partial charge on any atom is 0.267 e. The molecule has 0 bridgehead atoms. The van der Waals surface area contributed by atoms with Crippen molar-refractivity contribution in [3.8, 4) is 5.75 Å². The van der Waals surface area contributed by atoms with Gasteiger partial charge in [0.15, 0.2) is 5.75 Å². The summed E-state index contributed by atoms with van der Waals surface area (Å²) in [6, 6.07) is 7.68. The molecule has 0 fully saturated rings. The lowest BCUT2D eigenvalue weighted by Gasteiger charge is -2.16. The fraction of sp³-hybridized carbons (Fsp3) is 0.429. The van der Waals surface area contributed by atoms with Gasteiger partial charge in [-0.15, -0.1) is 11.3 Å². The van der Waals surface area contributed by atoms with Crippen LogP contribution in [0.3, 0.4) is 0 Å². The van der Waals surface area contributed by atoms with E-state index in [0.717, 1.165) is 15.6 Å². The molecule has 0 aliphatic rings. The van der Waals surface area contributed by atoms with Gasteiger partial charge in [-0.1, -0.05) is 18.2 Å². The van der Waals surface area contributed by atoms with E-state index >= 15 is 0 Å². The highest BCUT2D eigenvalue weighted by atomic mass is 32.1. The minimum absolute atomic E-state index is 0.181. The number of hydrogen-bond acceptors (Lipinski definition) is 6. The summed E-state index contributed by atoms with van der Waals surface area (Å²) >= 11 is 1.30. The zero-order valence-corrected chi connectivity index (χ0v) is 18.0. The van der Waals surface area contributed by atoms with Gasteiger partial charge < -0.3 is 23.7 Å². The van der Waals surface area contributed by atoms with Crippen LogP contribution in [0.15, 0.2) is 29.1 Å². The van der Waals surface area contributed by atoms with Crippen LogP contribution in [-0.2, 0) is 16.5 Å². The molecule has 1 amide bonds. The monoisotopic (exact) mass is 418 g/mol. The first-order chi connectivity index (χ1) is 14.0. The van der Waals surface area contributed by atoms with Crippen molar-refractivity contribution < 1.29 is 19.0 Å². The average Bonchev–Trinajstić information content (AvgIpc) is 3.12. The minimum Gasteiger partial charge on any atom is -0.489 e. The van der Waals surface area contributed by atoms with Gasteiger partial charge in [0.1, 0.15) is 16.9 Å². The van der Waals surface area contributed by atoms with Gasteiger partial charge in [0.2, 0.25) is 0 Å². The highest BCUT2D eigenvalue weighted by molar-refractivity contribution is 7.22. The van der Waals surface area contributed by atoms with Crippen LogP contribution < -0.4 is 10.3 Å². The molecule has 3 rings (SSSR count). The number of likely N-dealkylation sites (N-methyl/N-ethyl adjacent to an activating group) is 1. The van der Waals surface area contributed by atoms with Crippen molar-refractivity contribution in [1.82, 2.24) is 9.47 Å². The van der Waals surface area contributed by atoms with Crippen LogP contribution in [0.25, 0.3) is 21.0 Å². The van der Waals surface area contributed by atoms with Crippen molar-refractivity contribution >= 4 is 38.2 Å². The van der Waals surface area contributed by atoms with Gasteiger partial charge in [0, 0.05) is 39.7 Å². The molecule has 8 heteroatoms. The molecule has 0 unspecified atom stereocenters. The Bertz CT molecular complexity index is 1070. The first-order valence-electron chi connectivity index (χ1n) is 9.50. The number of amides is 1. The molecule has 1 aromatic carbocycles. The number of rotatable bonds is 9. The van der Waals surface area contributed by atoms with Crippen molar-refractivity contribution in [3.05, 3.63) is 39.5 Å². The van der Waals surface area contributed by atoms with E-state index in [9.17, 15) is 9.59 Å². The van der Waals surface area contributed by atoms with Crippen LogP contribution in [0.2, 0.25) is 0 Å². The highest BCUT2D eigenvalue weighted by Gasteiger charge is 2.26. The van der Waals surface area contributed by atoms with Crippen molar-refractivity contribution in [2.75, 3.05) is 47.1 Å². The molecule has 0 saturated heterocycles. The van der Waals surface area contributed by atoms with Gasteiger partial charge >= 0.3 is 0 Å². The second-order valence-electron chi connectivity index (χ2n) is 6.61. The molecule has 2 heterocycles. The molecule has 0 radical (unpaired) electrons. The predicted octanol–water partition coefficient (Wildman–Crippen LogP) is 2.89. The number of carbonyl (C=O) groups excluding carboxylic acids is 1. The molecular formula is C21H26N2O5S. The number of methoxy groups -OCH3 is 1. The Kier molecular flexibility index (Phi) is 6.89. The van der Waals surface area contributed by atoms with Gasteiger partial charge in [-0.2, -0.15) is 0 Å². The van der Waals surface area contributed by atoms with Crippen LogP contribution in [0.5, 0.6) is 5.75 Å². The number of aryl methyl sites for hydroxylation is 1. The SMILES string of the molecule is CCOCCOc1c(C(=O)N(C)CCOC)sc2c1c(=O)n(C)c1ccccc21. The van der Waals surface area contributed by atoms with Crippen molar-refractivity contribution in [3.63, 3.8) is 0 Å². The summed E-state index contributed by atoms with van der Waals surface area (Å²) in [5.41, 5.74) is 0.638. The number of para-hydroxylation sites is 1. The van der Waals surface area contributed by atoms with E-state index in [4.69, 9.17) is 14.2 Å². The Hall–Kier alpha value is -2.42. The molecule has 0 spiro atoms. The maximum atomic E-state index is 13.1. The van der Waals surface area contributed by atoms with Crippen molar-refractivity contribution in [2.24, 2.45) is 7.05 Å². The number of ether oxygens (including phenoxy) is 3. The Balaban J connectivity index is 2.18. The van der Waals surface area contributed by atoms with Crippen molar-refractivity contribution in [2.45, 2.75) is 6.92 Å². The van der Waals surface area contributed by atoms with Crippen LogP contribution in [0, 0.1) is 0 Å². The van der Waals surface area contributed by atoms with Crippen LogP contribution in [0.1, 0.15) is 16.6 Å². The molecule has 0 N–H and O–H groups in total. The van der Waals surface area contributed by atoms with Crippen molar-refractivity contribution in [1.29, 1.82) is 0 Å². The summed E-state index contributed by atoms with van der Waals surface area (Å²) in [5, 5.41) is 1.36. The first-order valence-corrected chi connectivity index (χ1v) is 10.3. The highest BCUT2D eigenvalue weighted by Crippen LogP contribution is 2.40. The summed E-state index contributed by atoms with van der Waals surface area (Å²) < 4.78 is 18.7. The van der Waals surface area contributed by atoms with Gasteiger partial charge in [-0.25, -0.2) is 0 Å². The molecule has 0 atom stereocenters. The van der Waals surface area contributed by atoms with E-state index in [2.05, 4.69) is 0 Å². The van der Waals surface area contributed by atoms with E-state index < -0.39 is 0 Å². The molecule has 3 aromatic rings. The van der Waals surface area contributed by atoms with Crippen LogP contribution >= 0.6 is 11.3 Å². The van der Waals surface area contributed by atoms with Crippen LogP contribution in [-0.4, -0.2) is 62.5 Å². The molecule has 0 aliphatic carbocycles. The largest absolute Gasteiger partial charge is 0.489 e. The third-order valence-electron chi connectivity index (χ3n) is 4.74. The second-order valence-corrected chi connectivity index (χ2v) is 7.63. The standard InChI is InChI=1S/C21H26N2O5S/c1-5-27-12-13-28-17-16-18(29-19(17)21(25)22(2)10-11-26-4)14-8-6-7-9-15(14)23(3)20(16)24/h6-9H,5,10-13H2,1-4H3. The number of benzene rings is 1. The summed E-state index contributed by atoms with van der Waals surface area (Å²) in [5.74, 6) is 0.145. The number of aromatic nitrogens is 1. The topological polar surface area (TPSA) is 70.0 Å². The van der Waals surface area contributed by atoms with E-state index in [1.165, 1.54) is 11.3 Å². The van der Waals surface area contributed by atoms with Gasteiger partial charge in [-0.05, 0) is 13.0 Å². The van der Waals surface area contributed by atoms with E-state index in [1.54, 1.807) is 30.7 Å². The van der Waals surface area contributed by atoms with Gasteiger partial charge in [-0.3, -0.25) is 9.59 Å². The Morgan fingerprint density at radius 1 is 1.21 bits per heavy atom. The molecule has 2 aromatic heterocycles. The zero-order chi connectivity index (χ0) is 21.0. The molecule has 29 heavy (non-hydrogen) atoms. The van der Waals surface area contributed by atoms with Crippen LogP contribution in [0.4, 0.5) is 0 Å². The number of pyridine rings is 1. The Morgan fingerprint density at radius 2 is 1.97 bits per heavy atom. The fourth-order valence-electron chi connectivity index (χ4n) is 3.16. The zero-order valence-electron chi connectivity index (χ0n) is 17.2. The molecule has 156 valence electrons. The average molecular weight is 419 g/mol. The predicted molar refractivity (Wildman–Crippen MR) is 115 cm³/mol. The van der Waals surface area contributed by atoms with Gasteiger partial charge in [0.05, 0.1) is 23.4 Å². The number of carbonyl (C=O) groups is 1. The summed E-state index contributed by atoms with van der Waals surface area (Å²) in [6.07, 6.45) is 0. The maximum absolute atomic E-state index is 13.1. The molecular weight excluding hydrogens is 392 g/mol. The summed E-state index contributed by atoms with van der Waals surface area (Å²) in [6.45, 7) is 4.00. The summed E-state index contributed by atoms with van der Waals surface area (Å²) in [4.78, 5) is 28.3. The first kappa shape index (κ1) is 21.3. The summed E-state index contributed by atoms with van der Waals surface area (Å²) in [7, 11) is 5.04. The lowest BCUT2D eigenvalue weighted by Crippen LogP contribution is -2.29. The molecule has 7 nitrogen and oxygen atoms in total. The normalized spacial score (nSPS) is 11.3. The Morgan fingerprint density at radius 3 is 2.69 bits per heavy atom. The third kappa shape index (κ3) is 4.14. The molecule has 0 aliphatic heterocycles. The Labute approximate surface area is 173 Å². The number of hydrogen-bond donors (Lipinski definition) is 0. The lowest BCUT2D eigenvalue weighted by molar-refractivity contribution is 0.0740. The smallest absolute Gasteiger partial charge is 0.267 e. The minimum atomic E-state index is -0.194. The number of nitrogens with zero attached hydrogens (tertiary/aromatic N) is 2. The van der Waals surface area contributed by atoms with Gasteiger partial charge in [0.25, 0.3) is 11.5 Å². The van der Waals surface area contributed by atoms with E-state index in [0.29, 0.717) is 42.4 Å². The lowest BCUT2D eigenvalue weighted by atomic mass is 10.1.